The van der Waals surface area contributed by atoms with Gasteiger partial charge in [-0.3, -0.25) is 0 Å². The first kappa shape index (κ1) is 14.3. The Kier molecular flexibility index (Phi) is 4.47. The highest BCUT2D eigenvalue weighted by Gasteiger charge is 2.26. The quantitative estimate of drug-likeness (QED) is 0.902. The number of nitrogens with one attached hydrogen (secondary N) is 1. The van der Waals surface area contributed by atoms with Crippen LogP contribution in [-0.2, 0) is 14.6 Å². The van der Waals surface area contributed by atoms with Crippen LogP contribution in [0.15, 0.2) is 29.2 Å². The van der Waals surface area contributed by atoms with Gasteiger partial charge in [0.2, 0.25) is 0 Å². The first-order valence-electron chi connectivity index (χ1n) is 6.74. The summed E-state index contributed by atoms with van der Waals surface area (Å²) in [6.45, 7) is 4.61. The zero-order valence-corrected chi connectivity index (χ0v) is 12.2. The topological polar surface area (TPSA) is 55.4 Å². The molecule has 1 aliphatic rings. The van der Waals surface area contributed by atoms with Crippen molar-refractivity contribution in [3.63, 3.8) is 0 Å². The maximum absolute atomic E-state index is 12.2. The first-order chi connectivity index (χ1) is 9.04. The van der Waals surface area contributed by atoms with Crippen molar-refractivity contribution in [1.82, 2.24) is 0 Å². The van der Waals surface area contributed by atoms with Crippen molar-refractivity contribution in [2.45, 2.75) is 43.7 Å². The van der Waals surface area contributed by atoms with Crippen LogP contribution in [-0.4, -0.2) is 32.9 Å². The molecule has 2 atom stereocenters. The minimum absolute atomic E-state index is 0.113. The van der Waals surface area contributed by atoms with Gasteiger partial charge in [-0.2, -0.15) is 0 Å². The number of anilines is 1. The molecule has 4 nitrogen and oxygen atoms in total. The van der Waals surface area contributed by atoms with E-state index in [4.69, 9.17) is 4.74 Å². The fourth-order valence-corrected chi connectivity index (χ4v) is 3.86. The predicted molar refractivity (Wildman–Crippen MR) is 76.2 cm³/mol. The molecular weight excluding hydrogens is 262 g/mol. The summed E-state index contributed by atoms with van der Waals surface area (Å²) in [7, 11) is -3.20. The molecule has 0 amide bonds. The molecular formula is C14H21NO3S. The Bertz CT molecular complexity index is 527. The monoisotopic (exact) mass is 283 g/mol. The molecule has 1 saturated heterocycles. The number of benzene rings is 1. The molecule has 0 saturated carbocycles. The van der Waals surface area contributed by atoms with E-state index < -0.39 is 9.84 Å². The Morgan fingerprint density at radius 3 is 2.74 bits per heavy atom. The molecule has 106 valence electrons. The summed E-state index contributed by atoms with van der Waals surface area (Å²) >= 11 is 0. The molecule has 1 N–H and O–H groups in total. The third-order valence-corrected chi connectivity index (χ3v) is 5.38. The van der Waals surface area contributed by atoms with Gasteiger partial charge in [0.25, 0.3) is 0 Å². The minimum Gasteiger partial charge on any atom is -0.379 e. The van der Waals surface area contributed by atoms with Crippen molar-refractivity contribution in [2.24, 2.45) is 0 Å². The lowest BCUT2D eigenvalue weighted by molar-refractivity contribution is 0.121. The van der Waals surface area contributed by atoms with Gasteiger partial charge in [-0.05, 0) is 31.9 Å². The second kappa shape index (κ2) is 5.92. The lowest BCUT2D eigenvalue weighted by Crippen LogP contribution is -2.27. The molecule has 2 rings (SSSR count). The number of sulfone groups is 1. The summed E-state index contributed by atoms with van der Waals surface area (Å²) in [4.78, 5) is 0.399. The third-order valence-electron chi connectivity index (χ3n) is 3.41. The molecule has 0 radical (unpaired) electrons. The smallest absolute Gasteiger partial charge is 0.180 e. The molecule has 5 heteroatoms. The summed E-state index contributed by atoms with van der Waals surface area (Å²) in [6, 6.07) is 7.30. The van der Waals surface area contributed by atoms with E-state index in [9.17, 15) is 8.42 Å². The van der Waals surface area contributed by atoms with Gasteiger partial charge >= 0.3 is 0 Å². The molecule has 1 aliphatic heterocycles. The average Bonchev–Trinajstić information content (AvgIpc) is 2.75. The number of hydrogen-bond acceptors (Lipinski definition) is 4. The lowest BCUT2D eigenvalue weighted by atomic mass is 10.1. The Morgan fingerprint density at radius 1 is 1.37 bits per heavy atom. The molecule has 0 aliphatic carbocycles. The standard InChI is InChI=1S/C14H21NO3S/c1-3-10-19(16,17)14-7-5-4-6-13(14)15-12-8-9-18-11(12)2/h4-7,11-12,15H,3,8-10H2,1-2H3. The predicted octanol–water partition coefficient (Wildman–Crippen LogP) is 2.46. The van der Waals surface area contributed by atoms with Gasteiger partial charge in [0.15, 0.2) is 9.84 Å². The molecule has 0 spiro atoms. The maximum atomic E-state index is 12.2. The second-order valence-corrected chi connectivity index (χ2v) is 7.01. The van der Waals surface area contributed by atoms with Gasteiger partial charge in [0.05, 0.1) is 28.5 Å². The van der Waals surface area contributed by atoms with Crippen molar-refractivity contribution in [1.29, 1.82) is 0 Å². The number of para-hydroxylation sites is 1. The van der Waals surface area contributed by atoms with Crippen molar-refractivity contribution < 1.29 is 13.2 Å². The van der Waals surface area contributed by atoms with Crippen molar-refractivity contribution in [3.05, 3.63) is 24.3 Å². The van der Waals surface area contributed by atoms with E-state index in [1.807, 2.05) is 26.0 Å². The maximum Gasteiger partial charge on any atom is 0.180 e. The highest BCUT2D eigenvalue weighted by molar-refractivity contribution is 7.91. The van der Waals surface area contributed by atoms with E-state index in [1.54, 1.807) is 12.1 Å². The van der Waals surface area contributed by atoms with Crippen molar-refractivity contribution in [2.75, 3.05) is 17.7 Å². The Labute approximate surface area is 115 Å². The third kappa shape index (κ3) is 3.28. The highest BCUT2D eigenvalue weighted by Crippen LogP contribution is 2.26. The van der Waals surface area contributed by atoms with Crippen LogP contribution in [0, 0.1) is 0 Å². The fraction of sp³-hybridized carbons (Fsp3) is 0.571. The zero-order chi connectivity index (χ0) is 13.9. The number of hydrogen-bond donors (Lipinski definition) is 1. The van der Waals surface area contributed by atoms with E-state index in [1.165, 1.54) is 0 Å². The van der Waals surface area contributed by atoms with Crippen LogP contribution in [0.5, 0.6) is 0 Å². The molecule has 1 fully saturated rings. The Hall–Kier alpha value is -1.07. The van der Waals surface area contributed by atoms with Gasteiger partial charge in [-0.1, -0.05) is 19.1 Å². The molecule has 1 aromatic rings. The van der Waals surface area contributed by atoms with Crippen LogP contribution < -0.4 is 5.32 Å². The highest BCUT2D eigenvalue weighted by atomic mass is 32.2. The SMILES string of the molecule is CCCS(=O)(=O)c1ccccc1NC1CCOC1C. The van der Waals surface area contributed by atoms with E-state index in [2.05, 4.69) is 5.32 Å². The fourth-order valence-electron chi connectivity index (χ4n) is 2.36. The summed E-state index contributed by atoms with van der Waals surface area (Å²) in [5.41, 5.74) is 0.693. The van der Waals surface area contributed by atoms with Gasteiger partial charge in [0, 0.05) is 6.61 Å². The van der Waals surface area contributed by atoms with Gasteiger partial charge in [-0.25, -0.2) is 8.42 Å². The zero-order valence-electron chi connectivity index (χ0n) is 11.4. The Balaban J connectivity index is 2.26. The van der Waals surface area contributed by atoms with Crippen molar-refractivity contribution in [3.8, 4) is 0 Å². The lowest BCUT2D eigenvalue weighted by Gasteiger charge is -2.19. The normalized spacial score (nSPS) is 23.5. The number of rotatable bonds is 5. The molecule has 1 aromatic carbocycles. The first-order valence-corrected chi connectivity index (χ1v) is 8.39. The molecule has 0 aromatic heterocycles. The van der Waals surface area contributed by atoms with Gasteiger partial charge in [0.1, 0.15) is 0 Å². The Morgan fingerprint density at radius 2 is 2.11 bits per heavy atom. The molecule has 2 unspecified atom stereocenters. The second-order valence-electron chi connectivity index (χ2n) is 4.93. The largest absolute Gasteiger partial charge is 0.379 e. The van der Waals surface area contributed by atoms with Crippen LogP contribution in [0.1, 0.15) is 26.7 Å². The van der Waals surface area contributed by atoms with Crippen LogP contribution in [0.25, 0.3) is 0 Å². The van der Waals surface area contributed by atoms with Crippen LogP contribution in [0.3, 0.4) is 0 Å². The summed E-state index contributed by atoms with van der Waals surface area (Å²) < 4.78 is 30.0. The van der Waals surface area contributed by atoms with Crippen LogP contribution >= 0.6 is 0 Å². The average molecular weight is 283 g/mol. The van der Waals surface area contributed by atoms with Crippen LogP contribution in [0.4, 0.5) is 5.69 Å². The van der Waals surface area contributed by atoms with Crippen molar-refractivity contribution >= 4 is 15.5 Å². The van der Waals surface area contributed by atoms with E-state index >= 15 is 0 Å². The van der Waals surface area contributed by atoms with Gasteiger partial charge < -0.3 is 10.1 Å². The molecule has 19 heavy (non-hydrogen) atoms. The van der Waals surface area contributed by atoms with Gasteiger partial charge in [-0.15, -0.1) is 0 Å². The van der Waals surface area contributed by atoms with E-state index in [-0.39, 0.29) is 17.9 Å². The number of ether oxygens (including phenoxy) is 1. The summed E-state index contributed by atoms with van der Waals surface area (Å²) in [6.07, 6.45) is 1.64. The van der Waals surface area contributed by atoms with E-state index in [0.717, 1.165) is 13.0 Å². The van der Waals surface area contributed by atoms with Crippen LogP contribution in [0.2, 0.25) is 0 Å². The summed E-state index contributed by atoms with van der Waals surface area (Å²) in [5, 5.41) is 3.32. The molecule has 0 bridgehead atoms. The van der Waals surface area contributed by atoms with E-state index in [0.29, 0.717) is 17.0 Å². The minimum atomic E-state index is -3.20. The summed E-state index contributed by atoms with van der Waals surface area (Å²) in [5.74, 6) is 0.183. The molecule has 1 heterocycles.